The normalized spacial score (nSPS) is 20.5. The highest BCUT2D eigenvalue weighted by Gasteiger charge is 2.41. The van der Waals surface area contributed by atoms with Crippen LogP contribution in [0.1, 0.15) is 40.9 Å². The van der Waals surface area contributed by atoms with Crippen molar-refractivity contribution in [2.75, 3.05) is 0 Å². The van der Waals surface area contributed by atoms with E-state index in [-0.39, 0.29) is 18.0 Å². The minimum Gasteiger partial charge on any atom is -0.507 e. The molecule has 0 saturated carbocycles. The van der Waals surface area contributed by atoms with Crippen LogP contribution in [0.25, 0.3) is 0 Å². The molecule has 0 spiro atoms. The van der Waals surface area contributed by atoms with E-state index in [1.54, 1.807) is 6.07 Å². The first-order chi connectivity index (χ1) is 13.2. The number of para-hydroxylation sites is 1. The van der Waals surface area contributed by atoms with Crippen LogP contribution in [0, 0.1) is 6.92 Å². The second-order valence-electron chi connectivity index (χ2n) is 7.09. The first kappa shape index (κ1) is 15.9. The van der Waals surface area contributed by atoms with Crippen molar-refractivity contribution in [1.82, 2.24) is 5.01 Å². The average Bonchev–Trinajstić information content (AvgIpc) is 3.15. The van der Waals surface area contributed by atoms with Gasteiger partial charge in [0.05, 0.1) is 11.8 Å². The summed E-state index contributed by atoms with van der Waals surface area (Å²) in [5.74, 6) is 1.17. The molecule has 2 aliphatic heterocycles. The van der Waals surface area contributed by atoms with Crippen LogP contribution in [0.5, 0.6) is 11.5 Å². The highest BCUT2D eigenvalue weighted by Crippen LogP contribution is 2.47. The molecule has 0 amide bonds. The number of hydrogen-bond donors (Lipinski definition) is 1. The number of fused-ring (bicyclic) bond motifs is 3. The fourth-order valence-corrected chi connectivity index (χ4v) is 3.92. The molecule has 0 radical (unpaired) electrons. The largest absolute Gasteiger partial charge is 0.507 e. The van der Waals surface area contributed by atoms with Crippen molar-refractivity contribution >= 4 is 5.71 Å². The Morgan fingerprint density at radius 1 is 1.00 bits per heavy atom. The Kier molecular flexibility index (Phi) is 3.64. The first-order valence-electron chi connectivity index (χ1n) is 9.17. The van der Waals surface area contributed by atoms with Crippen molar-refractivity contribution in [2.24, 2.45) is 5.10 Å². The predicted octanol–water partition coefficient (Wildman–Crippen LogP) is 4.94. The van der Waals surface area contributed by atoms with Gasteiger partial charge < -0.3 is 9.84 Å². The van der Waals surface area contributed by atoms with Gasteiger partial charge in [-0.05, 0) is 25.1 Å². The van der Waals surface area contributed by atoms with Crippen LogP contribution in [0.2, 0.25) is 0 Å². The fraction of sp³-hybridized carbons (Fsp3) is 0.174. The summed E-state index contributed by atoms with van der Waals surface area (Å²) in [5.41, 5.74) is 4.99. The van der Waals surface area contributed by atoms with E-state index in [2.05, 4.69) is 18.2 Å². The van der Waals surface area contributed by atoms with E-state index in [1.807, 2.05) is 60.5 Å². The van der Waals surface area contributed by atoms with Gasteiger partial charge in [-0.3, -0.25) is 0 Å². The lowest BCUT2D eigenvalue weighted by molar-refractivity contribution is -0.0190. The SMILES string of the molecule is Cc1ccc(O)c(C2=NN3C(C2)c2ccccc2OC3c2ccccc2)c1. The Morgan fingerprint density at radius 2 is 1.78 bits per heavy atom. The van der Waals surface area contributed by atoms with E-state index < -0.39 is 0 Å². The molecule has 0 bridgehead atoms. The molecule has 4 nitrogen and oxygen atoms in total. The second-order valence-corrected chi connectivity index (χ2v) is 7.09. The van der Waals surface area contributed by atoms with Crippen molar-refractivity contribution in [3.63, 3.8) is 0 Å². The molecule has 5 rings (SSSR count). The summed E-state index contributed by atoms with van der Waals surface area (Å²) in [5, 5.41) is 17.3. The van der Waals surface area contributed by atoms with E-state index >= 15 is 0 Å². The van der Waals surface area contributed by atoms with Gasteiger partial charge in [-0.2, -0.15) is 5.10 Å². The Labute approximate surface area is 158 Å². The fourth-order valence-electron chi connectivity index (χ4n) is 3.92. The molecular weight excluding hydrogens is 336 g/mol. The molecule has 27 heavy (non-hydrogen) atoms. The maximum atomic E-state index is 10.4. The lowest BCUT2D eigenvalue weighted by Crippen LogP contribution is -2.33. The Morgan fingerprint density at radius 3 is 2.63 bits per heavy atom. The smallest absolute Gasteiger partial charge is 0.213 e. The van der Waals surface area contributed by atoms with Gasteiger partial charge >= 0.3 is 0 Å². The number of aromatic hydroxyl groups is 1. The average molecular weight is 356 g/mol. The minimum atomic E-state index is -0.282. The van der Waals surface area contributed by atoms with Gasteiger partial charge in [0.2, 0.25) is 6.23 Å². The quantitative estimate of drug-likeness (QED) is 0.707. The Balaban J connectivity index is 1.62. The zero-order chi connectivity index (χ0) is 18.4. The molecule has 0 fully saturated rings. The van der Waals surface area contributed by atoms with Gasteiger partial charge in [-0.25, -0.2) is 5.01 Å². The van der Waals surface area contributed by atoms with Crippen LogP contribution in [0.3, 0.4) is 0 Å². The summed E-state index contributed by atoms with van der Waals surface area (Å²) < 4.78 is 6.33. The van der Waals surface area contributed by atoms with Crippen molar-refractivity contribution < 1.29 is 9.84 Å². The summed E-state index contributed by atoms with van der Waals surface area (Å²) in [6, 6.07) is 24.0. The lowest BCUT2D eigenvalue weighted by Gasteiger charge is -2.38. The van der Waals surface area contributed by atoms with Crippen LogP contribution < -0.4 is 4.74 Å². The third-order valence-corrected chi connectivity index (χ3v) is 5.25. The molecule has 0 saturated heterocycles. The standard InChI is InChI=1S/C23H20N2O2/c1-15-11-12-21(26)18(13-15)19-14-20-17-9-5-6-10-22(17)27-23(25(20)24-19)16-7-3-2-4-8-16/h2-13,20,23,26H,14H2,1H3. The lowest BCUT2D eigenvalue weighted by atomic mass is 9.95. The molecule has 0 aliphatic carbocycles. The maximum absolute atomic E-state index is 10.4. The first-order valence-corrected chi connectivity index (χ1v) is 9.17. The summed E-state index contributed by atoms with van der Waals surface area (Å²) in [6.45, 7) is 2.02. The van der Waals surface area contributed by atoms with Crippen molar-refractivity contribution in [2.45, 2.75) is 25.6 Å². The van der Waals surface area contributed by atoms with Crippen LogP contribution in [0.4, 0.5) is 0 Å². The molecule has 3 aromatic carbocycles. The van der Waals surface area contributed by atoms with Gasteiger partial charge in [0.25, 0.3) is 0 Å². The van der Waals surface area contributed by atoms with E-state index in [9.17, 15) is 5.11 Å². The number of ether oxygens (including phenoxy) is 1. The molecule has 4 heteroatoms. The zero-order valence-corrected chi connectivity index (χ0v) is 15.0. The van der Waals surface area contributed by atoms with Gasteiger partial charge in [-0.1, -0.05) is 60.2 Å². The molecular formula is C23H20N2O2. The third kappa shape index (κ3) is 2.65. The number of phenols is 1. The van der Waals surface area contributed by atoms with Crippen molar-refractivity contribution in [3.8, 4) is 11.5 Å². The second kappa shape index (κ2) is 6.16. The van der Waals surface area contributed by atoms with Crippen molar-refractivity contribution in [3.05, 3.63) is 95.1 Å². The minimum absolute atomic E-state index is 0.0927. The summed E-state index contributed by atoms with van der Waals surface area (Å²) in [6.07, 6.45) is 0.455. The summed E-state index contributed by atoms with van der Waals surface area (Å²) in [4.78, 5) is 0. The highest BCUT2D eigenvalue weighted by molar-refractivity contribution is 6.04. The topological polar surface area (TPSA) is 45.1 Å². The van der Waals surface area contributed by atoms with Gasteiger partial charge in [-0.15, -0.1) is 0 Å². The van der Waals surface area contributed by atoms with Gasteiger partial charge in [0.15, 0.2) is 0 Å². The van der Waals surface area contributed by atoms with E-state index in [0.29, 0.717) is 0 Å². The molecule has 2 heterocycles. The number of nitrogens with zero attached hydrogens (tertiary/aromatic N) is 2. The van der Waals surface area contributed by atoms with E-state index in [4.69, 9.17) is 9.84 Å². The van der Waals surface area contributed by atoms with Crippen LogP contribution in [-0.4, -0.2) is 15.8 Å². The molecule has 1 N–H and O–H groups in total. The summed E-state index contributed by atoms with van der Waals surface area (Å²) in [7, 11) is 0. The number of rotatable bonds is 2. The van der Waals surface area contributed by atoms with Gasteiger partial charge in [0, 0.05) is 23.1 Å². The molecule has 2 unspecified atom stereocenters. The maximum Gasteiger partial charge on any atom is 0.213 e. The molecule has 3 aromatic rings. The highest BCUT2D eigenvalue weighted by atomic mass is 16.5. The Hall–Kier alpha value is -3.27. The number of aryl methyl sites for hydroxylation is 1. The number of phenolic OH excluding ortho intramolecular Hbond substituents is 1. The molecule has 2 aliphatic rings. The van der Waals surface area contributed by atoms with Crippen LogP contribution in [0.15, 0.2) is 77.9 Å². The zero-order valence-electron chi connectivity index (χ0n) is 15.0. The number of benzene rings is 3. The number of hydrazone groups is 1. The molecule has 134 valence electrons. The van der Waals surface area contributed by atoms with Crippen molar-refractivity contribution in [1.29, 1.82) is 0 Å². The Bertz CT molecular complexity index is 1030. The molecule has 0 aromatic heterocycles. The monoisotopic (exact) mass is 356 g/mol. The van der Waals surface area contributed by atoms with Crippen LogP contribution >= 0.6 is 0 Å². The van der Waals surface area contributed by atoms with E-state index in [0.717, 1.165) is 40.1 Å². The predicted molar refractivity (Wildman–Crippen MR) is 105 cm³/mol. The summed E-state index contributed by atoms with van der Waals surface area (Å²) >= 11 is 0. The molecule has 2 atom stereocenters. The third-order valence-electron chi connectivity index (χ3n) is 5.25. The number of hydrogen-bond acceptors (Lipinski definition) is 4. The van der Waals surface area contributed by atoms with Crippen LogP contribution in [-0.2, 0) is 0 Å². The van der Waals surface area contributed by atoms with Gasteiger partial charge in [0.1, 0.15) is 11.5 Å². The van der Waals surface area contributed by atoms with E-state index in [1.165, 1.54) is 0 Å².